The summed E-state index contributed by atoms with van der Waals surface area (Å²) in [6.07, 6.45) is 4.13. The summed E-state index contributed by atoms with van der Waals surface area (Å²) in [5, 5.41) is 24.5. The predicted molar refractivity (Wildman–Crippen MR) is 255 cm³/mol. The van der Waals surface area contributed by atoms with Gasteiger partial charge in [-0.1, -0.05) is 67.3 Å². The lowest BCUT2D eigenvalue weighted by Gasteiger charge is -2.33. The molecule has 0 saturated heterocycles. The second-order valence-corrected chi connectivity index (χ2v) is 13.3. The van der Waals surface area contributed by atoms with Crippen molar-refractivity contribution in [3.05, 3.63) is 64.7 Å². The number of terminal acetylenes is 1. The minimum absolute atomic E-state index is 0. The van der Waals surface area contributed by atoms with Gasteiger partial charge in [-0.25, -0.2) is 13.7 Å². The average Bonchev–Trinajstić information content (AvgIpc) is 3.23. The fourth-order valence-corrected chi connectivity index (χ4v) is 6.63. The number of hydrogen-bond acceptors (Lipinski definition) is 9. The molecule has 0 amide bonds. The number of sulfone groups is 1. The molecule has 2 N–H and O–H groups in total. The summed E-state index contributed by atoms with van der Waals surface area (Å²) in [5.41, 5.74) is 3.02. The molecule has 1 heterocycles. The van der Waals surface area contributed by atoms with E-state index >= 15 is 0 Å². The van der Waals surface area contributed by atoms with Gasteiger partial charge in [0.05, 0.1) is 29.2 Å². The first kappa shape index (κ1) is 47.4. The molecular formula is C47H63NO7S2. The summed E-state index contributed by atoms with van der Waals surface area (Å²) in [6.45, 7) is 9.31. The summed E-state index contributed by atoms with van der Waals surface area (Å²) in [5.74, 6) is 61.5. The van der Waals surface area contributed by atoms with Crippen LogP contribution >= 0.6 is 0 Å². The highest BCUT2D eigenvalue weighted by Gasteiger charge is 2.44. The molecule has 2 atom stereocenters. The molecule has 1 aliphatic heterocycles. The van der Waals surface area contributed by atoms with E-state index in [2.05, 4.69) is 180 Å². The van der Waals surface area contributed by atoms with Crippen molar-refractivity contribution in [2.45, 2.75) is 51.5 Å². The van der Waals surface area contributed by atoms with Crippen LogP contribution in [-0.4, -0.2) is 30.6 Å². The Bertz CT molecular complexity index is 2820. The van der Waals surface area contributed by atoms with Gasteiger partial charge in [0, 0.05) is 92.5 Å². The Morgan fingerprint density at radius 2 is 1.18 bits per heavy atom. The maximum atomic E-state index is 12.9. The van der Waals surface area contributed by atoms with Crippen molar-refractivity contribution in [1.29, 1.82) is 0 Å². The lowest BCUT2D eigenvalue weighted by atomic mass is 9.75. The molecule has 0 unspecified atom stereocenters. The van der Waals surface area contributed by atoms with Crippen molar-refractivity contribution in [3.63, 3.8) is 0 Å². The van der Waals surface area contributed by atoms with Crippen LogP contribution in [0.1, 0.15) is 73.2 Å². The zero-order valence-corrected chi connectivity index (χ0v) is 32.8. The lowest BCUT2D eigenvalue weighted by Crippen LogP contribution is -2.38. The number of aryl methyl sites for hydroxylation is 2. The van der Waals surface area contributed by atoms with Crippen LogP contribution in [0, 0.1) is 174 Å². The van der Waals surface area contributed by atoms with Gasteiger partial charge in [0.2, 0.25) is 0 Å². The quantitative estimate of drug-likeness (QED) is 0.137. The predicted octanol–water partition coefficient (Wildman–Crippen LogP) is 8.46. The third kappa shape index (κ3) is 19.8. The van der Waals surface area contributed by atoms with E-state index in [0.717, 1.165) is 16.7 Å². The third-order valence-corrected chi connectivity index (χ3v) is 8.81. The molecule has 1 aliphatic rings. The zero-order valence-electron chi connectivity index (χ0n) is 31.2. The zero-order chi connectivity index (χ0) is 42.2. The van der Waals surface area contributed by atoms with Gasteiger partial charge in [0.25, 0.3) is 0 Å². The van der Waals surface area contributed by atoms with Crippen LogP contribution in [0.3, 0.4) is 0 Å². The minimum Gasteiger partial charge on any atom is -0.392 e. The number of fused-ring (bicyclic) bond motifs is 1. The summed E-state index contributed by atoms with van der Waals surface area (Å²) < 4.78 is 28.3. The normalized spacial score (nSPS) is 13.1. The lowest BCUT2D eigenvalue weighted by molar-refractivity contribution is -0.623. The second-order valence-electron chi connectivity index (χ2n) is 11.2. The Morgan fingerprint density at radius 3 is 1.56 bits per heavy atom. The van der Waals surface area contributed by atoms with Crippen LogP contribution in [0.15, 0.2) is 51.9 Å². The molecule has 10 heteroatoms. The van der Waals surface area contributed by atoms with E-state index < -0.39 is 21.4 Å². The van der Waals surface area contributed by atoms with Crippen molar-refractivity contribution < 1.29 is 58.1 Å². The smallest absolute Gasteiger partial charge is 0.179 e. The molecule has 8 nitrogen and oxygen atoms in total. The highest BCUT2D eigenvalue weighted by molar-refractivity contribution is 7.91. The van der Waals surface area contributed by atoms with Crippen LogP contribution in [0.4, 0.5) is 0 Å². The molecule has 3 rings (SSSR count). The van der Waals surface area contributed by atoms with Crippen LogP contribution in [0.25, 0.3) is 0 Å². The van der Waals surface area contributed by atoms with Gasteiger partial charge < -0.3 is 5.11 Å². The molecule has 0 saturated carbocycles. The Kier molecular flexibility index (Phi) is 23.1. The van der Waals surface area contributed by atoms with E-state index in [9.17, 15) is 13.5 Å². The van der Waals surface area contributed by atoms with Crippen LogP contribution in [0.5, 0.6) is 0 Å². The summed E-state index contributed by atoms with van der Waals surface area (Å²) in [7, 11) is -3.45. The van der Waals surface area contributed by atoms with E-state index in [1.54, 1.807) is 13.0 Å². The molecular weight excluding hydrogens is 755 g/mol. The number of rotatable bonds is 4. The van der Waals surface area contributed by atoms with Gasteiger partial charge >= 0.3 is 0 Å². The topological polar surface area (TPSA) is 115 Å². The first-order valence-electron chi connectivity index (χ1n) is 15.9. The minimum atomic E-state index is -3.45. The maximum absolute atomic E-state index is 12.9. The van der Waals surface area contributed by atoms with E-state index in [1.807, 2.05) is 64.1 Å². The number of benzene rings is 2. The Balaban J connectivity index is -0.0000000436. The molecule has 310 valence electrons. The Hall–Kier alpha value is -7.67. The van der Waals surface area contributed by atoms with Crippen LogP contribution < -0.4 is 0 Å². The number of nitrogens with zero attached hydrogens (tertiary/aromatic N) is 1. The van der Waals surface area contributed by atoms with Gasteiger partial charge in [-0.2, -0.15) is 4.99 Å². The molecule has 0 radical (unpaired) electrons. The molecule has 0 fully saturated rings. The van der Waals surface area contributed by atoms with E-state index in [0.29, 0.717) is 10.5 Å². The van der Waals surface area contributed by atoms with Gasteiger partial charge in [0.1, 0.15) is 0 Å². The molecule has 2 aromatic rings. The first-order valence-corrected chi connectivity index (χ1v) is 17.9. The monoisotopic (exact) mass is 817 g/mol. The molecule has 0 aromatic heterocycles. The standard InChI is InChI=1S/C27H4.C20H24O3S.HNO4S.17H2/c1-3-5-7-9-11-13-15-17-19-21-23-25-27-26-24-22-20-18-16-14-12-10-8-6-4-2;1-13-6-5-7-15(10-13)18-16-11-14(2)8-9-17(16)24(22,23)12-20(3,4)19(18)21;2-4-5-3-1-6;;;;;;;;;;;;;;;;;/h1H,2H3;5-11,18-19,21H,12H2,1-4H3;2H;17*1H/t;18-,19-;;;;;;;;;;;;;;;;;;/m.1................../s1. The second kappa shape index (κ2) is 27.9. The van der Waals surface area contributed by atoms with Crippen molar-refractivity contribution in [3.8, 4) is 154 Å². The van der Waals surface area contributed by atoms with Gasteiger partial charge in [-0.3, -0.25) is 0 Å². The highest BCUT2D eigenvalue weighted by Crippen LogP contribution is 2.44. The van der Waals surface area contributed by atoms with E-state index in [4.69, 9.17) is 11.7 Å². The highest BCUT2D eigenvalue weighted by atomic mass is 32.2. The molecule has 0 spiro atoms. The van der Waals surface area contributed by atoms with Crippen molar-refractivity contribution in [2.24, 2.45) is 9.94 Å². The third-order valence-electron chi connectivity index (χ3n) is 6.58. The first-order chi connectivity index (χ1) is 27.4. The Labute approximate surface area is 366 Å². The van der Waals surface area contributed by atoms with Crippen molar-refractivity contribution in [2.75, 3.05) is 5.75 Å². The molecule has 0 bridgehead atoms. The summed E-state index contributed by atoms with van der Waals surface area (Å²) >= 11 is 3.80. The summed E-state index contributed by atoms with van der Waals surface area (Å²) in [4.78, 5) is 3.80. The van der Waals surface area contributed by atoms with Gasteiger partial charge in [-0.05, 0) is 138 Å². The number of aliphatic hydroxyl groups excluding tert-OH is 1. The number of hydrogen-bond donors (Lipinski definition) is 2. The fraction of sp³-hybridized carbons (Fsp3) is 0.191. The van der Waals surface area contributed by atoms with E-state index in [-0.39, 0.29) is 35.9 Å². The van der Waals surface area contributed by atoms with Crippen molar-refractivity contribution >= 4 is 22.3 Å². The SMILES string of the molecule is C#CC#CC#CC#CC#CC#CC#CC#CC#CC#CC#CC#CC#CC.Cc1cccc([C@@H]2c3cc(C)ccc3S(=O)(=O)CC(C)(C)[C@@H]2O)c1.OOOON=S.[HH].[HH].[HH].[HH].[HH].[HH].[HH].[HH].[HH].[HH].[HH].[HH].[HH].[HH].[HH].[HH].[HH]. The van der Waals surface area contributed by atoms with Crippen molar-refractivity contribution in [1.82, 2.24) is 0 Å². The molecule has 0 aliphatic carbocycles. The van der Waals surface area contributed by atoms with Gasteiger partial charge in [-0.15, -0.1) is 6.42 Å². The van der Waals surface area contributed by atoms with Gasteiger partial charge in [0.15, 0.2) is 9.84 Å². The van der Waals surface area contributed by atoms with Crippen LogP contribution in [-0.2, 0) is 37.3 Å². The average molecular weight is 818 g/mol. The number of aliphatic hydroxyl groups is 1. The Morgan fingerprint density at radius 1 is 0.737 bits per heavy atom. The summed E-state index contributed by atoms with van der Waals surface area (Å²) in [6, 6.07) is 13.4. The maximum Gasteiger partial charge on any atom is 0.179 e. The largest absolute Gasteiger partial charge is 0.392 e. The van der Waals surface area contributed by atoms with E-state index in [1.165, 1.54) is 0 Å². The fourth-order valence-electron chi connectivity index (χ4n) is 4.47. The van der Waals surface area contributed by atoms with Crippen LogP contribution in [0.2, 0.25) is 0 Å². The molecule has 57 heavy (non-hydrogen) atoms. The molecule has 2 aromatic carbocycles.